The van der Waals surface area contributed by atoms with Crippen molar-refractivity contribution < 1.29 is 9.47 Å². The predicted molar refractivity (Wildman–Crippen MR) is 364 cm³/mol. The van der Waals surface area contributed by atoms with E-state index in [1.165, 1.54) is 33.4 Å². The lowest BCUT2D eigenvalue weighted by molar-refractivity contribution is 0.174. The normalized spacial score (nSPS) is 12.5. The number of ether oxygens (including phenoxy) is 2. The lowest BCUT2D eigenvalue weighted by Gasteiger charge is -2.36. The molecular weight excluding hydrogens is 1060 g/mol. The molecule has 88 heavy (non-hydrogen) atoms. The van der Waals surface area contributed by atoms with E-state index in [0.29, 0.717) is 0 Å². The number of benzene rings is 14. The van der Waals surface area contributed by atoms with Gasteiger partial charge in [-0.2, -0.15) is 0 Å². The van der Waals surface area contributed by atoms with Gasteiger partial charge in [-0.25, -0.2) is 0 Å². The van der Waals surface area contributed by atoms with E-state index in [1.807, 2.05) is 0 Å². The molecule has 16 rings (SSSR count). The molecule has 1 heterocycles. The fraction of sp³-hybridized carbons (Fsp3) is 0.0233. The standard InChI is InChI=1S/C86H58O2/c1-6-22-58(23-7-1)63-32-16-37-68(44-63)73-49-74(69-38-17-33-64(45-69)59-24-8-2-9-25-59)52-77(51-73)86(81-43-21-42-79(72-41-20-36-67(48-72)62-30-14-5-15-31-62)85(81)80-55-83-84(56-82(80)86)88-57-87-83)78-53-75(70-39-18-34-65(46-70)60-26-10-3-11-27-60)50-76(54-78)71-40-19-35-66(47-71)61-28-12-4-13-29-61/h1-56H,57H2. The molecule has 414 valence electrons. The van der Waals surface area contributed by atoms with Gasteiger partial charge in [0.2, 0.25) is 6.79 Å². The van der Waals surface area contributed by atoms with Crippen molar-refractivity contribution in [3.8, 4) is 134 Å². The minimum Gasteiger partial charge on any atom is -0.454 e. The molecule has 0 unspecified atom stereocenters. The molecule has 0 saturated heterocycles. The molecule has 14 aromatic carbocycles. The van der Waals surface area contributed by atoms with E-state index in [-0.39, 0.29) is 6.79 Å². The molecule has 1 aliphatic carbocycles. The summed E-state index contributed by atoms with van der Waals surface area (Å²) in [6.07, 6.45) is 0. The average Bonchev–Trinajstić information content (AvgIpc) is 1.52. The van der Waals surface area contributed by atoms with Crippen LogP contribution in [0.15, 0.2) is 340 Å². The predicted octanol–water partition coefficient (Wildman–Crippen LogP) is 22.4. The van der Waals surface area contributed by atoms with Gasteiger partial charge < -0.3 is 9.47 Å². The Kier molecular flexibility index (Phi) is 13.2. The van der Waals surface area contributed by atoms with E-state index < -0.39 is 5.41 Å². The minimum atomic E-state index is -0.976. The fourth-order valence-corrected chi connectivity index (χ4v) is 13.7. The second-order valence-corrected chi connectivity index (χ2v) is 23.1. The van der Waals surface area contributed by atoms with Crippen molar-refractivity contribution in [2.75, 3.05) is 6.79 Å². The molecule has 2 heteroatoms. The van der Waals surface area contributed by atoms with Gasteiger partial charge in [0, 0.05) is 0 Å². The Morgan fingerprint density at radius 3 is 0.818 bits per heavy atom. The monoisotopic (exact) mass is 1120 g/mol. The first kappa shape index (κ1) is 52.3. The van der Waals surface area contributed by atoms with Crippen LogP contribution in [0.4, 0.5) is 0 Å². The van der Waals surface area contributed by atoms with Crippen LogP contribution in [0.2, 0.25) is 0 Å². The van der Waals surface area contributed by atoms with Crippen LogP contribution >= 0.6 is 0 Å². The Morgan fingerprint density at radius 2 is 0.466 bits per heavy atom. The van der Waals surface area contributed by atoms with Crippen LogP contribution in [0.5, 0.6) is 11.5 Å². The smallest absolute Gasteiger partial charge is 0.231 e. The summed E-state index contributed by atoms with van der Waals surface area (Å²) in [5.41, 5.74) is 28.7. The zero-order valence-corrected chi connectivity index (χ0v) is 48.4. The summed E-state index contributed by atoms with van der Waals surface area (Å²) in [6, 6.07) is 125. The topological polar surface area (TPSA) is 18.5 Å². The molecule has 2 aliphatic rings. The lowest BCUT2D eigenvalue weighted by Crippen LogP contribution is -2.29. The van der Waals surface area contributed by atoms with Gasteiger partial charge in [0.1, 0.15) is 0 Å². The molecule has 1 aliphatic heterocycles. The van der Waals surface area contributed by atoms with Crippen LogP contribution in [-0.2, 0) is 5.41 Å². The van der Waals surface area contributed by atoms with Gasteiger partial charge in [-0.3, -0.25) is 0 Å². The molecule has 14 aromatic rings. The molecule has 0 fully saturated rings. The van der Waals surface area contributed by atoms with Crippen LogP contribution in [0.25, 0.3) is 122 Å². The zero-order chi connectivity index (χ0) is 58.4. The molecule has 0 aromatic heterocycles. The van der Waals surface area contributed by atoms with E-state index in [9.17, 15) is 0 Å². The molecule has 0 radical (unpaired) electrons. The summed E-state index contributed by atoms with van der Waals surface area (Å²) < 4.78 is 13.0. The maximum absolute atomic E-state index is 6.54. The van der Waals surface area contributed by atoms with Gasteiger partial charge in [-0.05, 0) is 224 Å². The Bertz CT molecular complexity index is 4500. The lowest BCUT2D eigenvalue weighted by atomic mass is 9.66. The molecule has 0 bridgehead atoms. The van der Waals surface area contributed by atoms with Gasteiger partial charge in [-0.1, -0.05) is 261 Å². The van der Waals surface area contributed by atoms with E-state index in [0.717, 1.165) is 123 Å². The van der Waals surface area contributed by atoms with Crippen LogP contribution < -0.4 is 9.47 Å². The van der Waals surface area contributed by atoms with Gasteiger partial charge in [0.15, 0.2) is 11.5 Å². The molecule has 2 nitrogen and oxygen atoms in total. The van der Waals surface area contributed by atoms with E-state index in [2.05, 4.69) is 340 Å². The molecule has 0 N–H and O–H groups in total. The highest BCUT2D eigenvalue weighted by Gasteiger charge is 2.49. The maximum atomic E-state index is 6.54. The average molecular weight is 1120 g/mol. The summed E-state index contributed by atoms with van der Waals surface area (Å²) in [7, 11) is 0. The largest absolute Gasteiger partial charge is 0.454 e. The van der Waals surface area contributed by atoms with Gasteiger partial charge in [0.05, 0.1) is 5.41 Å². The van der Waals surface area contributed by atoms with Gasteiger partial charge in [-0.15, -0.1) is 0 Å². The third-order valence-electron chi connectivity index (χ3n) is 17.9. The summed E-state index contributed by atoms with van der Waals surface area (Å²) in [5, 5.41) is 0. The number of hydrogen-bond acceptors (Lipinski definition) is 2. The summed E-state index contributed by atoms with van der Waals surface area (Å²) >= 11 is 0. The number of rotatable bonds is 12. The SMILES string of the molecule is c1ccc(-c2cccc(-c3cc(-c4cccc(-c5ccccc5)c4)cc(C4(c5cc(-c6cccc(-c7ccccc7)c6)cc(-c6cccc(-c7ccccc7)c6)c5)c5cc6c(cc5-c5c(-c7cccc(-c8ccccc8)c7)cccc54)OCO6)c3)c2)cc1. The quantitative estimate of drug-likeness (QED) is 0.121. The summed E-state index contributed by atoms with van der Waals surface area (Å²) in [5.74, 6) is 1.47. The van der Waals surface area contributed by atoms with Crippen molar-refractivity contribution in [2.24, 2.45) is 0 Å². The highest BCUT2D eigenvalue weighted by Crippen LogP contribution is 2.62. The van der Waals surface area contributed by atoms with Crippen molar-refractivity contribution in [1.29, 1.82) is 0 Å². The van der Waals surface area contributed by atoms with Crippen LogP contribution in [0.3, 0.4) is 0 Å². The Balaban J connectivity index is 1.04. The highest BCUT2D eigenvalue weighted by molar-refractivity contribution is 5.98. The first-order chi connectivity index (χ1) is 43.6. The Hall–Kier alpha value is -11.3. The molecular formula is C86H58O2. The maximum Gasteiger partial charge on any atom is 0.231 e. The third-order valence-corrected chi connectivity index (χ3v) is 17.9. The fourth-order valence-electron chi connectivity index (χ4n) is 13.7. The van der Waals surface area contributed by atoms with Crippen LogP contribution in [0, 0.1) is 0 Å². The number of hydrogen-bond donors (Lipinski definition) is 0. The van der Waals surface area contributed by atoms with E-state index >= 15 is 0 Å². The van der Waals surface area contributed by atoms with Crippen molar-refractivity contribution in [1.82, 2.24) is 0 Å². The van der Waals surface area contributed by atoms with Crippen molar-refractivity contribution >= 4 is 0 Å². The van der Waals surface area contributed by atoms with E-state index in [1.54, 1.807) is 0 Å². The minimum absolute atomic E-state index is 0.142. The first-order valence-corrected chi connectivity index (χ1v) is 30.3. The molecule has 0 saturated carbocycles. The Labute approximate surface area is 514 Å². The summed E-state index contributed by atoms with van der Waals surface area (Å²) in [4.78, 5) is 0. The summed E-state index contributed by atoms with van der Waals surface area (Å²) in [6.45, 7) is 0.142. The zero-order valence-electron chi connectivity index (χ0n) is 48.4. The highest BCUT2D eigenvalue weighted by atomic mass is 16.7. The molecule has 0 spiro atoms. The van der Waals surface area contributed by atoms with Crippen LogP contribution in [0.1, 0.15) is 22.3 Å². The first-order valence-electron chi connectivity index (χ1n) is 30.3. The molecule has 0 atom stereocenters. The Morgan fingerprint density at radius 1 is 0.193 bits per heavy atom. The van der Waals surface area contributed by atoms with Crippen molar-refractivity contribution in [3.63, 3.8) is 0 Å². The van der Waals surface area contributed by atoms with Gasteiger partial charge in [0.25, 0.3) is 0 Å². The van der Waals surface area contributed by atoms with Gasteiger partial charge >= 0.3 is 0 Å². The molecule has 0 amide bonds. The second-order valence-electron chi connectivity index (χ2n) is 23.1. The van der Waals surface area contributed by atoms with Crippen molar-refractivity contribution in [2.45, 2.75) is 5.41 Å². The van der Waals surface area contributed by atoms with Crippen molar-refractivity contribution in [3.05, 3.63) is 362 Å². The third kappa shape index (κ3) is 9.49. The van der Waals surface area contributed by atoms with E-state index in [4.69, 9.17) is 9.47 Å². The van der Waals surface area contributed by atoms with Crippen LogP contribution in [-0.4, -0.2) is 6.79 Å². The second kappa shape index (κ2) is 22.3. The number of fused-ring (bicyclic) bond motifs is 4.